The third-order valence-electron chi connectivity index (χ3n) is 3.21. The van der Waals surface area contributed by atoms with Gasteiger partial charge in [0, 0.05) is 9.58 Å². The van der Waals surface area contributed by atoms with Gasteiger partial charge in [-0.2, -0.15) is 0 Å². The second-order valence-electron chi connectivity index (χ2n) is 4.75. The molecule has 0 saturated heterocycles. The van der Waals surface area contributed by atoms with Crippen LogP contribution in [0.25, 0.3) is 10.1 Å². The molecule has 108 valence electrons. The van der Waals surface area contributed by atoms with Gasteiger partial charge >= 0.3 is 0 Å². The summed E-state index contributed by atoms with van der Waals surface area (Å²) >= 11 is 19.9. The zero-order valence-corrected chi connectivity index (χ0v) is 13.8. The summed E-state index contributed by atoms with van der Waals surface area (Å²) < 4.78 is 14.1. The smallest absolute Gasteiger partial charge is 0.124 e. The lowest BCUT2D eigenvalue weighted by atomic mass is 10.1. The Bertz CT molecular complexity index is 797. The van der Waals surface area contributed by atoms with Gasteiger partial charge in [0.05, 0.1) is 15.4 Å². The van der Waals surface area contributed by atoms with E-state index in [0.29, 0.717) is 16.5 Å². The van der Waals surface area contributed by atoms with E-state index < -0.39 is 0 Å². The fourth-order valence-electron chi connectivity index (χ4n) is 2.15. The first-order valence-electron chi connectivity index (χ1n) is 6.30. The number of benzene rings is 2. The Morgan fingerprint density at radius 1 is 1.00 bits per heavy atom. The molecule has 3 rings (SSSR count). The van der Waals surface area contributed by atoms with Crippen LogP contribution in [0.4, 0.5) is 4.39 Å². The lowest BCUT2D eigenvalue weighted by Gasteiger charge is -2.08. The number of thiophene rings is 1. The average Bonchev–Trinajstić information content (AvgIpc) is 2.86. The summed E-state index contributed by atoms with van der Waals surface area (Å²) in [4.78, 5) is 1.02. The van der Waals surface area contributed by atoms with Gasteiger partial charge in [-0.3, -0.25) is 0 Å². The SMILES string of the molecule is Fc1ccc2cc(C(Cl)Cc3ccc(Cl)c(Cl)c3)sc2c1. The maximum Gasteiger partial charge on any atom is 0.124 e. The van der Waals surface area contributed by atoms with E-state index in [1.807, 2.05) is 18.2 Å². The normalized spacial score (nSPS) is 12.8. The molecule has 3 aromatic rings. The number of rotatable bonds is 3. The van der Waals surface area contributed by atoms with Crippen LogP contribution < -0.4 is 0 Å². The van der Waals surface area contributed by atoms with Crippen molar-refractivity contribution in [3.05, 3.63) is 68.8 Å². The second-order valence-corrected chi connectivity index (χ2v) is 7.21. The molecule has 21 heavy (non-hydrogen) atoms. The number of alkyl halides is 1. The van der Waals surface area contributed by atoms with Crippen LogP contribution >= 0.6 is 46.1 Å². The van der Waals surface area contributed by atoms with E-state index in [1.165, 1.54) is 23.5 Å². The molecule has 0 aliphatic rings. The number of fused-ring (bicyclic) bond motifs is 1. The predicted octanol–water partition coefficient (Wildman–Crippen LogP) is 6.87. The quantitative estimate of drug-likeness (QED) is 0.448. The summed E-state index contributed by atoms with van der Waals surface area (Å²) in [6.07, 6.45) is 0.647. The molecule has 0 spiro atoms. The van der Waals surface area contributed by atoms with Crippen molar-refractivity contribution >= 4 is 56.2 Å². The molecule has 0 N–H and O–H groups in total. The van der Waals surface area contributed by atoms with Crippen LogP contribution in [0.15, 0.2) is 42.5 Å². The lowest BCUT2D eigenvalue weighted by molar-refractivity contribution is 0.630. The zero-order valence-electron chi connectivity index (χ0n) is 10.7. The number of halogens is 4. The van der Waals surface area contributed by atoms with Gasteiger partial charge in [-0.15, -0.1) is 22.9 Å². The second kappa shape index (κ2) is 6.13. The van der Waals surface area contributed by atoms with Crippen LogP contribution in [-0.4, -0.2) is 0 Å². The molecule has 0 fully saturated rings. The van der Waals surface area contributed by atoms with Crippen molar-refractivity contribution in [2.24, 2.45) is 0 Å². The molecule has 1 atom stereocenters. The molecular weight excluding hydrogens is 350 g/mol. The van der Waals surface area contributed by atoms with Crippen molar-refractivity contribution in [3.63, 3.8) is 0 Å². The van der Waals surface area contributed by atoms with Crippen LogP contribution in [0.5, 0.6) is 0 Å². The Kier molecular flexibility index (Phi) is 4.41. The molecule has 0 aliphatic heterocycles. The van der Waals surface area contributed by atoms with E-state index >= 15 is 0 Å². The van der Waals surface area contributed by atoms with E-state index in [9.17, 15) is 4.39 Å². The molecule has 0 saturated carbocycles. The summed E-state index contributed by atoms with van der Waals surface area (Å²) in [6.45, 7) is 0. The zero-order chi connectivity index (χ0) is 15.0. The molecule has 0 nitrogen and oxygen atoms in total. The molecule has 1 heterocycles. The highest BCUT2D eigenvalue weighted by Crippen LogP contribution is 2.36. The van der Waals surface area contributed by atoms with Gasteiger partial charge in [0.2, 0.25) is 0 Å². The number of hydrogen-bond donors (Lipinski definition) is 0. The lowest BCUT2D eigenvalue weighted by Crippen LogP contribution is -1.93. The van der Waals surface area contributed by atoms with Gasteiger partial charge in [-0.1, -0.05) is 35.3 Å². The first-order chi connectivity index (χ1) is 10.0. The summed E-state index contributed by atoms with van der Waals surface area (Å²) in [5.41, 5.74) is 1.02. The minimum atomic E-state index is -0.230. The van der Waals surface area contributed by atoms with E-state index in [-0.39, 0.29) is 11.2 Å². The fraction of sp³-hybridized carbons (Fsp3) is 0.125. The summed E-state index contributed by atoms with van der Waals surface area (Å²) in [5, 5.41) is 1.89. The van der Waals surface area contributed by atoms with Crippen molar-refractivity contribution in [2.75, 3.05) is 0 Å². The monoisotopic (exact) mass is 358 g/mol. The first kappa shape index (κ1) is 15.1. The Labute approximate surface area is 141 Å². The van der Waals surface area contributed by atoms with Gasteiger partial charge in [-0.25, -0.2) is 4.39 Å². The standard InChI is InChI=1S/C16H10Cl3FS/c17-12-4-1-9(5-13(12)18)6-14(19)16-7-10-2-3-11(20)8-15(10)21-16/h1-5,7-8,14H,6H2. The van der Waals surface area contributed by atoms with Crippen molar-refractivity contribution in [1.29, 1.82) is 0 Å². The molecule has 2 aromatic carbocycles. The van der Waals surface area contributed by atoms with E-state index in [4.69, 9.17) is 34.8 Å². The maximum atomic E-state index is 13.2. The van der Waals surface area contributed by atoms with E-state index in [2.05, 4.69) is 0 Å². The highest BCUT2D eigenvalue weighted by Gasteiger charge is 2.13. The van der Waals surface area contributed by atoms with E-state index in [0.717, 1.165) is 20.5 Å². The van der Waals surface area contributed by atoms with Crippen molar-refractivity contribution in [3.8, 4) is 0 Å². The van der Waals surface area contributed by atoms with Crippen molar-refractivity contribution in [1.82, 2.24) is 0 Å². The number of hydrogen-bond acceptors (Lipinski definition) is 1. The Morgan fingerprint density at radius 2 is 1.81 bits per heavy atom. The highest BCUT2D eigenvalue weighted by molar-refractivity contribution is 7.19. The molecule has 0 radical (unpaired) electrons. The molecule has 5 heteroatoms. The third-order valence-corrected chi connectivity index (χ3v) is 5.68. The van der Waals surface area contributed by atoms with E-state index in [1.54, 1.807) is 12.1 Å². The van der Waals surface area contributed by atoms with Crippen molar-refractivity contribution in [2.45, 2.75) is 11.8 Å². The largest absolute Gasteiger partial charge is 0.207 e. The predicted molar refractivity (Wildman–Crippen MR) is 90.5 cm³/mol. The first-order valence-corrected chi connectivity index (χ1v) is 8.31. The minimum Gasteiger partial charge on any atom is -0.207 e. The molecule has 0 bridgehead atoms. The van der Waals surface area contributed by atoms with Gasteiger partial charge in [0.1, 0.15) is 5.82 Å². The molecule has 1 unspecified atom stereocenters. The molecule has 0 aliphatic carbocycles. The molecule has 1 aromatic heterocycles. The summed E-state index contributed by atoms with van der Waals surface area (Å²) in [6, 6.07) is 12.3. The summed E-state index contributed by atoms with van der Waals surface area (Å²) in [7, 11) is 0. The molecular formula is C16H10Cl3FS. The average molecular weight is 360 g/mol. The van der Waals surface area contributed by atoms with Gasteiger partial charge in [0.25, 0.3) is 0 Å². The van der Waals surface area contributed by atoms with Gasteiger partial charge in [0.15, 0.2) is 0 Å². The fourth-order valence-corrected chi connectivity index (χ4v) is 3.92. The third kappa shape index (κ3) is 3.35. The van der Waals surface area contributed by atoms with Crippen LogP contribution in [0.2, 0.25) is 10.0 Å². The van der Waals surface area contributed by atoms with Crippen LogP contribution in [-0.2, 0) is 6.42 Å². The minimum absolute atomic E-state index is 0.178. The van der Waals surface area contributed by atoms with Crippen LogP contribution in [0.3, 0.4) is 0 Å². The molecule has 0 amide bonds. The highest BCUT2D eigenvalue weighted by atomic mass is 35.5. The summed E-state index contributed by atoms with van der Waals surface area (Å²) in [5.74, 6) is -0.230. The van der Waals surface area contributed by atoms with Crippen LogP contribution in [0.1, 0.15) is 15.8 Å². The maximum absolute atomic E-state index is 13.2. The van der Waals surface area contributed by atoms with Crippen molar-refractivity contribution < 1.29 is 4.39 Å². The Hall–Kier alpha value is -0.800. The van der Waals surface area contributed by atoms with Gasteiger partial charge < -0.3 is 0 Å². The van der Waals surface area contributed by atoms with Gasteiger partial charge in [-0.05, 0) is 47.7 Å². The topological polar surface area (TPSA) is 0 Å². The Balaban J connectivity index is 1.85. The Morgan fingerprint density at radius 3 is 2.57 bits per heavy atom. The van der Waals surface area contributed by atoms with Crippen LogP contribution in [0, 0.1) is 5.82 Å².